The molecule has 0 radical (unpaired) electrons. The van der Waals surface area contributed by atoms with Crippen LogP contribution in [0.25, 0.3) is 0 Å². The predicted molar refractivity (Wildman–Crippen MR) is 90.5 cm³/mol. The van der Waals surface area contributed by atoms with Gasteiger partial charge < -0.3 is 19.7 Å². The van der Waals surface area contributed by atoms with Gasteiger partial charge in [0.05, 0.1) is 17.8 Å². The van der Waals surface area contributed by atoms with Crippen LogP contribution in [0.15, 0.2) is 18.2 Å². The fourth-order valence-electron chi connectivity index (χ4n) is 3.16. The van der Waals surface area contributed by atoms with Crippen molar-refractivity contribution in [3.8, 4) is 5.75 Å². The summed E-state index contributed by atoms with van der Waals surface area (Å²) in [6.07, 6.45) is 1.56. The van der Waals surface area contributed by atoms with Crippen molar-refractivity contribution < 1.29 is 19.1 Å². The van der Waals surface area contributed by atoms with E-state index in [-0.39, 0.29) is 36.6 Å². The molecule has 0 aromatic heterocycles. The summed E-state index contributed by atoms with van der Waals surface area (Å²) in [6, 6.07) is 5.08. The number of carbonyl (C=O) groups excluding carboxylic acids is 2. The van der Waals surface area contributed by atoms with Crippen LogP contribution in [-0.4, -0.2) is 43.2 Å². The highest BCUT2D eigenvalue weighted by atomic mass is 35.5. The van der Waals surface area contributed by atoms with E-state index in [0.29, 0.717) is 23.1 Å². The van der Waals surface area contributed by atoms with E-state index in [4.69, 9.17) is 21.1 Å². The molecule has 3 rings (SSSR count). The molecule has 2 heterocycles. The van der Waals surface area contributed by atoms with E-state index in [2.05, 4.69) is 5.32 Å². The molecule has 1 N–H and O–H groups in total. The quantitative estimate of drug-likeness (QED) is 0.666. The van der Waals surface area contributed by atoms with Crippen molar-refractivity contribution in [1.29, 1.82) is 0 Å². The first kappa shape index (κ1) is 17.0. The van der Waals surface area contributed by atoms with Gasteiger partial charge in [0.25, 0.3) is 0 Å². The summed E-state index contributed by atoms with van der Waals surface area (Å²) in [5.74, 6) is -0.0844. The van der Waals surface area contributed by atoms with Crippen LogP contribution in [0.5, 0.6) is 5.75 Å². The van der Waals surface area contributed by atoms with Gasteiger partial charge in [-0.3, -0.25) is 4.79 Å². The van der Waals surface area contributed by atoms with Gasteiger partial charge in [-0.2, -0.15) is 0 Å². The number of hydrogen-bond acceptors (Lipinski definition) is 5. The largest absolute Gasteiger partial charge is 0.423 e. The number of nitrogens with zero attached hydrogens (tertiary/aromatic N) is 1. The van der Waals surface area contributed by atoms with Gasteiger partial charge >= 0.3 is 5.97 Å². The standard InChI is InChI=1S/C17H21ClN2O4/c1-17(2)8-12(5-6-23-17)19-15(21)9-20-10-16(22)24-14-4-3-11(18)7-13(14)20/h3-4,7,12H,5-6,8-10H2,1-2H3,(H,19,21)/t12-/m0/s1. The number of hydrogen-bond donors (Lipinski definition) is 1. The van der Waals surface area contributed by atoms with Crippen molar-refractivity contribution in [2.75, 3.05) is 24.6 Å². The molecule has 0 unspecified atom stereocenters. The summed E-state index contributed by atoms with van der Waals surface area (Å²) in [5, 5.41) is 3.57. The Kier molecular flexibility index (Phi) is 4.69. The molecule has 130 valence electrons. The van der Waals surface area contributed by atoms with Gasteiger partial charge in [0.2, 0.25) is 5.91 Å². The number of carbonyl (C=O) groups is 2. The molecule has 1 saturated heterocycles. The Hall–Kier alpha value is -1.79. The number of halogens is 1. The lowest BCUT2D eigenvalue weighted by atomic mass is 9.94. The van der Waals surface area contributed by atoms with Gasteiger partial charge in [-0.15, -0.1) is 0 Å². The molecule has 2 aliphatic heterocycles. The lowest BCUT2D eigenvalue weighted by Gasteiger charge is -2.36. The first-order chi connectivity index (χ1) is 11.3. The molecular weight excluding hydrogens is 332 g/mol. The highest BCUT2D eigenvalue weighted by Gasteiger charge is 2.31. The van der Waals surface area contributed by atoms with Crippen LogP contribution in [0, 0.1) is 0 Å². The van der Waals surface area contributed by atoms with Crippen LogP contribution >= 0.6 is 11.6 Å². The minimum Gasteiger partial charge on any atom is -0.423 e. The average Bonchev–Trinajstić information content (AvgIpc) is 2.46. The van der Waals surface area contributed by atoms with E-state index >= 15 is 0 Å². The van der Waals surface area contributed by atoms with Crippen LogP contribution < -0.4 is 15.0 Å². The monoisotopic (exact) mass is 352 g/mol. The van der Waals surface area contributed by atoms with E-state index < -0.39 is 0 Å². The van der Waals surface area contributed by atoms with Gasteiger partial charge in [-0.05, 0) is 44.9 Å². The summed E-state index contributed by atoms with van der Waals surface area (Å²) in [6.45, 7) is 4.78. The molecule has 1 aromatic rings. The van der Waals surface area contributed by atoms with E-state index in [1.165, 1.54) is 0 Å². The third kappa shape index (κ3) is 3.99. The fraction of sp³-hybridized carbons (Fsp3) is 0.529. The summed E-state index contributed by atoms with van der Waals surface area (Å²) in [4.78, 5) is 25.8. The Bertz CT molecular complexity index is 662. The maximum Gasteiger partial charge on any atom is 0.331 e. The van der Waals surface area contributed by atoms with E-state index in [1.807, 2.05) is 13.8 Å². The number of fused-ring (bicyclic) bond motifs is 1. The smallest absolute Gasteiger partial charge is 0.331 e. The topological polar surface area (TPSA) is 67.9 Å². The first-order valence-corrected chi connectivity index (χ1v) is 8.39. The molecule has 1 amide bonds. The van der Waals surface area contributed by atoms with Crippen LogP contribution in [-0.2, 0) is 14.3 Å². The van der Waals surface area contributed by atoms with Crippen molar-refractivity contribution in [1.82, 2.24) is 5.32 Å². The van der Waals surface area contributed by atoms with Crippen molar-refractivity contribution in [2.45, 2.75) is 38.3 Å². The maximum absolute atomic E-state index is 12.4. The van der Waals surface area contributed by atoms with Crippen LogP contribution in [0.1, 0.15) is 26.7 Å². The Morgan fingerprint density at radius 3 is 3.00 bits per heavy atom. The molecule has 24 heavy (non-hydrogen) atoms. The summed E-state index contributed by atoms with van der Waals surface area (Å²) in [7, 11) is 0. The molecule has 0 spiro atoms. The third-order valence-corrected chi connectivity index (χ3v) is 4.44. The van der Waals surface area contributed by atoms with Gasteiger partial charge in [0.1, 0.15) is 6.54 Å². The summed E-state index contributed by atoms with van der Waals surface area (Å²) < 4.78 is 10.9. The number of nitrogens with one attached hydrogen (secondary N) is 1. The van der Waals surface area contributed by atoms with E-state index in [9.17, 15) is 9.59 Å². The SMILES string of the molecule is CC1(C)C[C@@H](NC(=O)CN2CC(=O)Oc3ccc(Cl)cc32)CCO1. The van der Waals surface area contributed by atoms with E-state index in [1.54, 1.807) is 23.1 Å². The zero-order valence-corrected chi connectivity index (χ0v) is 14.6. The highest BCUT2D eigenvalue weighted by Crippen LogP contribution is 2.34. The van der Waals surface area contributed by atoms with Crippen molar-refractivity contribution >= 4 is 29.2 Å². The second kappa shape index (κ2) is 6.61. The lowest BCUT2D eigenvalue weighted by molar-refractivity contribution is -0.133. The molecule has 1 fully saturated rings. The predicted octanol–water partition coefficient (Wildman–Crippen LogP) is 2.14. The highest BCUT2D eigenvalue weighted by molar-refractivity contribution is 6.31. The molecule has 1 aromatic carbocycles. The number of ether oxygens (including phenoxy) is 2. The molecule has 1 atom stereocenters. The van der Waals surface area contributed by atoms with Gasteiger partial charge in [0.15, 0.2) is 5.75 Å². The first-order valence-electron chi connectivity index (χ1n) is 8.01. The Morgan fingerprint density at radius 2 is 2.25 bits per heavy atom. The minimum atomic E-state index is -0.384. The number of anilines is 1. The molecular formula is C17H21ClN2O4. The lowest BCUT2D eigenvalue weighted by Crippen LogP contribution is -2.49. The maximum atomic E-state index is 12.4. The molecule has 0 bridgehead atoms. The normalized spacial score (nSPS) is 22.5. The van der Waals surface area contributed by atoms with Crippen LogP contribution in [0.4, 0.5) is 5.69 Å². The summed E-state index contributed by atoms with van der Waals surface area (Å²) in [5.41, 5.74) is 0.426. The number of amides is 1. The van der Waals surface area contributed by atoms with Crippen LogP contribution in [0.2, 0.25) is 5.02 Å². The zero-order valence-electron chi connectivity index (χ0n) is 13.8. The number of rotatable bonds is 3. The van der Waals surface area contributed by atoms with E-state index in [0.717, 1.165) is 12.8 Å². The Morgan fingerprint density at radius 1 is 1.46 bits per heavy atom. The number of benzene rings is 1. The van der Waals surface area contributed by atoms with Gasteiger partial charge in [-0.25, -0.2) is 4.79 Å². The Labute approximate surface area is 146 Å². The van der Waals surface area contributed by atoms with Gasteiger partial charge in [-0.1, -0.05) is 11.6 Å². The molecule has 0 saturated carbocycles. The second-order valence-electron chi connectivity index (χ2n) is 6.81. The zero-order chi connectivity index (χ0) is 17.3. The fourth-order valence-corrected chi connectivity index (χ4v) is 3.33. The van der Waals surface area contributed by atoms with Gasteiger partial charge in [0, 0.05) is 17.7 Å². The van der Waals surface area contributed by atoms with Crippen molar-refractivity contribution in [2.24, 2.45) is 0 Å². The third-order valence-electron chi connectivity index (χ3n) is 4.20. The number of esters is 1. The molecule has 7 heteroatoms. The average molecular weight is 353 g/mol. The Balaban J connectivity index is 1.66. The van der Waals surface area contributed by atoms with Crippen LogP contribution in [0.3, 0.4) is 0 Å². The minimum absolute atomic E-state index is 0.0278. The van der Waals surface area contributed by atoms with Crippen molar-refractivity contribution in [3.05, 3.63) is 23.2 Å². The molecule has 2 aliphatic rings. The molecule has 0 aliphatic carbocycles. The second-order valence-corrected chi connectivity index (χ2v) is 7.24. The summed E-state index contributed by atoms with van der Waals surface area (Å²) >= 11 is 6.02. The van der Waals surface area contributed by atoms with Crippen molar-refractivity contribution in [3.63, 3.8) is 0 Å². The molecule has 6 nitrogen and oxygen atoms in total.